The summed E-state index contributed by atoms with van der Waals surface area (Å²) in [7, 11) is 0. The van der Waals surface area contributed by atoms with E-state index in [4.69, 9.17) is 14.2 Å². The molecule has 28 heavy (non-hydrogen) atoms. The minimum Gasteiger partial charge on any atom is -0.396 e. The van der Waals surface area contributed by atoms with E-state index < -0.39 is 11.2 Å². The molecule has 2 heterocycles. The molecule has 2 aliphatic heterocycles. The molecule has 6 rings (SSSR count). The van der Waals surface area contributed by atoms with E-state index >= 15 is 0 Å². The number of aliphatic hydroxyl groups excluding tert-OH is 1. The van der Waals surface area contributed by atoms with Crippen LogP contribution in [0.5, 0.6) is 0 Å². The third-order valence-corrected chi connectivity index (χ3v) is 10.0. The van der Waals surface area contributed by atoms with Crippen LogP contribution in [0.2, 0.25) is 0 Å². The largest absolute Gasteiger partial charge is 0.396 e. The molecule has 5 nitrogen and oxygen atoms in total. The van der Waals surface area contributed by atoms with Crippen molar-refractivity contribution in [2.45, 2.75) is 83.9 Å². The van der Waals surface area contributed by atoms with E-state index in [0.29, 0.717) is 11.7 Å². The van der Waals surface area contributed by atoms with Crippen molar-refractivity contribution >= 4 is 5.78 Å². The second kappa shape index (κ2) is 5.22. The summed E-state index contributed by atoms with van der Waals surface area (Å²) in [5, 5.41) is 10.4. The maximum Gasteiger partial charge on any atom is 0.163 e. The number of carbonyl (C=O) groups excluding carboxylic acids is 1. The SMILES string of the molecule is C[C@H]1C(=O)C23[C@@H]4OC(C)(C)O[C@@H]2C[C@@H]2[C@](C)(CO)CCC[C@]25CO[C@H](C[C@H]41)[C@H]35. The van der Waals surface area contributed by atoms with Crippen LogP contribution in [0, 0.1) is 39.9 Å². The number of aliphatic hydroxyl groups is 1. The zero-order chi connectivity index (χ0) is 19.7. The average Bonchev–Trinajstić information content (AvgIpc) is 3.07. The van der Waals surface area contributed by atoms with Gasteiger partial charge in [-0.2, -0.15) is 0 Å². The van der Waals surface area contributed by atoms with Crippen molar-refractivity contribution in [2.75, 3.05) is 13.2 Å². The number of rotatable bonds is 1. The summed E-state index contributed by atoms with van der Waals surface area (Å²) >= 11 is 0. The van der Waals surface area contributed by atoms with Crippen LogP contribution in [0.25, 0.3) is 0 Å². The van der Waals surface area contributed by atoms with Crippen LogP contribution >= 0.6 is 0 Å². The number of ether oxygens (including phenoxy) is 3. The number of Topliss-reactive ketones (excluding diaryl/α,β-unsaturated/α-hetero) is 1. The first-order valence-electron chi connectivity index (χ1n) is 11.3. The zero-order valence-electron chi connectivity index (χ0n) is 17.6. The predicted octanol–water partition coefficient (Wildman–Crippen LogP) is 2.94. The minimum absolute atomic E-state index is 0.0145. The third-order valence-electron chi connectivity index (χ3n) is 10.0. The van der Waals surface area contributed by atoms with Gasteiger partial charge in [0.15, 0.2) is 5.79 Å². The van der Waals surface area contributed by atoms with Crippen molar-refractivity contribution in [3.63, 3.8) is 0 Å². The Balaban J connectivity index is 1.58. The van der Waals surface area contributed by atoms with E-state index in [2.05, 4.69) is 13.8 Å². The minimum atomic E-state index is -0.669. The van der Waals surface area contributed by atoms with E-state index in [1.165, 1.54) is 0 Å². The molecule has 0 aromatic rings. The van der Waals surface area contributed by atoms with E-state index in [-0.39, 0.29) is 53.5 Å². The fraction of sp³-hybridized carbons (Fsp3) is 0.957. The molecule has 0 amide bonds. The van der Waals surface area contributed by atoms with Gasteiger partial charge in [-0.05, 0) is 56.8 Å². The van der Waals surface area contributed by atoms with Crippen molar-refractivity contribution < 1.29 is 24.1 Å². The van der Waals surface area contributed by atoms with Gasteiger partial charge >= 0.3 is 0 Å². The second-order valence-corrected chi connectivity index (χ2v) is 11.5. The highest BCUT2D eigenvalue weighted by Gasteiger charge is 2.82. The highest BCUT2D eigenvalue weighted by molar-refractivity contribution is 5.92. The topological polar surface area (TPSA) is 65.0 Å². The van der Waals surface area contributed by atoms with Gasteiger partial charge in [0.25, 0.3) is 0 Å². The maximum absolute atomic E-state index is 13.9. The van der Waals surface area contributed by atoms with Gasteiger partial charge < -0.3 is 19.3 Å². The lowest BCUT2D eigenvalue weighted by atomic mass is 9.39. The third kappa shape index (κ3) is 1.79. The summed E-state index contributed by atoms with van der Waals surface area (Å²) in [5.74, 6) is 0.455. The Morgan fingerprint density at radius 3 is 2.68 bits per heavy atom. The molecule has 4 saturated carbocycles. The quantitative estimate of drug-likeness (QED) is 0.746. The Morgan fingerprint density at radius 1 is 1.14 bits per heavy atom. The summed E-state index contributed by atoms with van der Waals surface area (Å²) in [6.07, 6.45) is 4.98. The number of hydrogen-bond donors (Lipinski definition) is 1. The summed E-state index contributed by atoms with van der Waals surface area (Å²) in [5.41, 5.74) is -0.694. The van der Waals surface area contributed by atoms with E-state index in [0.717, 1.165) is 38.7 Å². The van der Waals surface area contributed by atoms with Crippen LogP contribution in [-0.4, -0.2) is 48.2 Å². The molecule has 2 spiro atoms. The summed E-state index contributed by atoms with van der Waals surface area (Å²) < 4.78 is 19.7. The van der Waals surface area contributed by atoms with Crippen molar-refractivity contribution in [2.24, 2.45) is 39.9 Å². The standard InChI is InChI=1S/C23H34O5/c1-12-13-8-14-17-22(11-26-14)7-5-6-21(4,10-24)15(22)9-16-23(17,18(12)25)19(13)28-20(2,3)27-16/h12-17,19,24H,5-11H2,1-4H3/t12-,13+,14-,15-,16-,17+,19-,21+,22+,23?/m1/s1. The molecule has 1 unspecified atom stereocenters. The molecule has 1 N–H and O–H groups in total. The van der Waals surface area contributed by atoms with Gasteiger partial charge in [0, 0.05) is 23.9 Å². The van der Waals surface area contributed by atoms with Crippen molar-refractivity contribution in [3.8, 4) is 0 Å². The number of hydrogen-bond acceptors (Lipinski definition) is 5. The summed E-state index contributed by atoms with van der Waals surface area (Å²) in [6.45, 7) is 9.29. The van der Waals surface area contributed by atoms with E-state index in [9.17, 15) is 9.90 Å². The van der Waals surface area contributed by atoms with Gasteiger partial charge in [-0.3, -0.25) is 4.79 Å². The fourth-order valence-corrected chi connectivity index (χ4v) is 9.15. The van der Waals surface area contributed by atoms with Crippen molar-refractivity contribution in [3.05, 3.63) is 0 Å². The molecule has 4 aliphatic carbocycles. The lowest BCUT2D eigenvalue weighted by Crippen LogP contribution is -2.73. The lowest BCUT2D eigenvalue weighted by molar-refractivity contribution is -0.380. The van der Waals surface area contributed by atoms with E-state index in [1.54, 1.807) is 0 Å². The molecule has 0 aromatic carbocycles. The van der Waals surface area contributed by atoms with Gasteiger partial charge in [-0.1, -0.05) is 20.3 Å². The van der Waals surface area contributed by atoms with Crippen LogP contribution < -0.4 is 0 Å². The van der Waals surface area contributed by atoms with Crippen LogP contribution in [0.4, 0.5) is 0 Å². The van der Waals surface area contributed by atoms with Gasteiger partial charge in [-0.25, -0.2) is 0 Å². The molecule has 0 aromatic heterocycles. The Hall–Kier alpha value is -0.490. The molecule has 6 fully saturated rings. The van der Waals surface area contributed by atoms with Gasteiger partial charge in [-0.15, -0.1) is 0 Å². The Kier molecular flexibility index (Phi) is 3.41. The van der Waals surface area contributed by atoms with Crippen LogP contribution in [0.15, 0.2) is 0 Å². The summed E-state index contributed by atoms with van der Waals surface area (Å²) in [6, 6.07) is 0. The smallest absolute Gasteiger partial charge is 0.163 e. The van der Waals surface area contributed by atoms with Crippen LogP contribution in [0.1, 0.15) is 59.8 Å². The molecule has 6 aliphatic rings. The molecule has 0 radical (unpaired) electrons. The first-order valence-corrected chi connectivity index (χ1v) is 11.3. The maximum atomic E-state index is 13.9. The molecular formula is C23H34O5. The lowest BCUT2D eigenvalue weighted by Gasteiger charge is -2.67. The molecule has 5 heteroatoms. The van der Waals surface area contributed by atoms with Gasteiger partial charge in [0.2, 0.25) is 0 Å². The Morgan fingerprint density at radius 2 is 1.93 bits per heavy atom. The second-order valence-electron chi connectivity index (χ2n) is 11.5. The molecule has 156 valence electrons. The highest BCUT2D eigenvalue weighted by Crippen LogP contribution is 2.75. The molecule has 2 bridgehead atoms. The highest BCUT2D eigenvalue weighted by atomic mass is 16.7. The predicted molar refractivity (Wildman–Crippen MR) is 101 cm³/mol. The van der Waals surface area contributed by atoms with Crippen LogP contribution in [-0.2, 0) is 19.0 Å². The molecule has 2 saturated heterocycles. The molecule has 10 atom stereocenters. The number of carbonyl (C=O) groups is 1. The Bertz CT molecular complexity index is 735. The monoisotopic (exact) mass is 390 g/mol. The Labute approximate surface area is 167 Å². The first kappa shape index (κ1) is 18.3. The van der Waals surface area contributed by atoms with Crippen LogP contribution in [0.3, 0.4) is 0 Å². The fourth-order valence-electron chi connectivity index (χ4n) is 9.15. The normalized spacial score (nSPS) is 61.0. The van der Waals surface area contributed by atoms with Crippen molar-refractivity contribution in [1.29, 1.82) is 0 Å². The molecular weight excluding hydrogens is 356 g/mol. The van der Waals surface area contributed by atoms with E-state index in [1.807, 2.05) is 13.8 Å². The zero-order valence-corrected chi connectivity index (χ0v) is 17.6. The summed E-state index contributed by atoms with van der Waals surface area (Å²) in [4.78, 5) is 13.9. The van der Waals surface area contributed by atoms with Gasteiger partial charge in [0.1, 0.15) is 5.78 Å². The van der Waals surface area contributed by atoms with Crippen molar-refractivity contribution in [1.82, 2.24) is 0 Å². The average molecular weight is 391 g/mol. The number of ketones is 1. The van der Waals surface area contributed by atoms with Gasteiger partial charge in [0.05, 0.1) is 30.3 Å². The first-order chi connectivity index (χ1) is 13.2.